The number of hydrogen-bond acceptors (Lipinski definition) is 3. The predicted molar refractivity (Wildman–Crippen MR) is 63.0 cm³/mol. The summed E-state index contributed by atoms with van der Waals surface area (Å²) in [6.07, 6.45) is 6.02. The smallest absolute Gasteiger partial charge is 0.142 e. The van der Waals surface area contributed by atoms with Crippen molar-refractivity contribution in [2.75, 3.05) is 11.4 Å². The van der Waals surface area contributed by atoms with E-state index in [1.165, 1.54) is 0 Å². The number of carbonyl (C=O) groups excluding carboxylic acids is 1. The molecule has 1 unspecified atom stereocenters. The van der Waals surface area contributed by atoms with Crippen LogP contribution in [0.15, 0.2) is 22.8 Å². The van der Waals surface area contributed by atoms with E-state index < -0.39 is 0 Å². The zero-order valence-corrected chi connectivity index (χ0v) is 9.98. The lowest BCUT2D eigenvalue weighted by molar-refractivity contribution is -0.109. The summed E-state index contributed by atoms with van der Waals surface area (Å²) in [6, 6.07) is 3.91. The molecule has 1 aromatic rings. The molecule has 0 saturated carbocycles. The largest absolute Gasteiger partial charge is 0.347 e. The third-order valence-electron chi connectivity index (χ3n) is 2.71. The van der Waals surface area contributed by atoms with E-state index in [2.05, 4.69) is 25.8 Å². The Kier molecular flexibility index (Phi) is 3.36. The average Bonchev–Trinajstić information content (AvgIpc) is 2.30. The normalized spacial score (nSPS) is 21.4. The molecule has 1 atom stereocenters. The molecule has 1 aromatic heterocycles. The van der Waals surface area contributed by atoms with Gasteiger partial charge in [-0.2, -0.15) is 0 Å². The van der Waals surface area contributed by atoms with Crippen molar-refractivity contribution in [3.8, 4) is 0 Å². The molecule has 0 radical (unpaired) electrons. The van der Waals surface area contributed by atoms with Crippen molar-refractivity contribution in [2.24, 2.45) is 0 Å². The van der Waals surface area contributed by atoms with Crippen LogP contribution >= 0.6 is 15.9 Å². The van der Waals surface area contributed by atoms with Crippen molar-refractivity contribution in [2.45, 2.75) is 25.3 Å². The van der Waals surface area contributed by atoms with Crippen molar-refractivity contribution in [1.82, 2.24) is 4.98 Å². The van der Waals surface area contributed by atoms with E-state index in [9.17, 15) is 4.79 Å². The Hall–Kier alpha value is -0.900. The summed E-state index contributed by atoms with van der Waals surface area (Å²) in [4.78, 5) is 17.3. The average molecular weight is 269 g/mol. The number of hydrogen-bond donors (Lipinski definition) is 0. The Morgan fingerprint density at radius 1 is 1.47 bits per heavy atom. The van der Waals surface area contributed by atoms with Crippen LogP contribution in [0.5, 0.6) is 0 Å². The van der Waals surface area contributed by atoms with Gasteiger partial charge in [-0.15, -0.1) is 0 Å². The summed E-state index contributed by atoms with van der Waals surface area (Å²) in [7, 11) is 0. The molecule has 0 aromatic carbocycles. The molecule has 0 aliphatic carbocycles. The molecule has 80 valence electrons. The first kappa shape index (κ1) is 10.6. The van der Waals surface area contributed by atoms with Crippen LogP contribution in [-0.2, 0) is 4.79 Å². The van der Waals surface area contributed by atoms with Crippen molar-refractivity contribution in [3.05, 3.63) is 22.8 Å². The zero-order chi connectivity index (χ0) is 10.7. The number of carbonyl (C=O) groups is 1. The molecule has 4 heteroatoms. The molecule has 0 N–H and O–H groups in total. The molecule has 2 heterocycles. The van der Waals surface area contributed by atoms with Gasteiger partial charge in [-0.05, 0) is 47.3 Å². The van der Waals surface area contributed by atoms with Crippen molar-refractivity contribution >= 4 is 28.0 Å². The maximum Gasteiger partial charge on any atom is 0.142 e. The summed E-state index contributed by atoms with van der Waals surface area (Å²) >= 11 is 3.35. The van der Waals surface area contributed by atoms with Crippen LogP contribution in [0.4, 0.5) is 5.82 Å². The summed E-state index contributed by atoms with van der Waals surface area (Å²) in [5.41, 5.74) is 0. The van der Waals surface area contributed by atoms with Gasteiger partial charge >= 0.3 is 0 Å². The molecule has 2 rings (SSSR count). The van der Waals surface area contributed by atoms with Gasteiger partial charge in [-0.1, -0.05) is 0 Å². The van der Waals surface area contributed by atoms with E-state index in [-0.39, 0.29) is 6.04 Å². The summed E-state index contributed by atoms with van der Waals surface area (Å²) in [5, 5.41) is 0. The van der Waals surface area contributed by atoms with E-state index in [4.69, 9.17) is 0 Å². The van der Waals surface area contributed by atoms with Crippen LogP contribution in [0.3, 0.4) is 0 Å². The highest BCUT2D eigenvalue weighted by atomic mass is 79.9. The number of aldehydes is 1. The fourth-order valence-corrected chi connectivity index (χ4v) is 2.16. The number of nitrogens with zero attached hydrogens (tertiary/aromatic N) is 2. The van der Waals surface area contributed by atoms with Crippen LogP contribution in [0, 0.1) is 0 Å². The van der Waals surface area contributed by atoms with Gasteiger partial charge in [0.05, 0.1) is 6.04 Å². The van der Waals surface area contributed by atoms with Gasteiger partial charge in [0.1, 0.15) is 12.1 Å². The molecule has 1 aliphatic rings. The highest BCUT2D eigenvalue weighted by Crippen LogP contribution is 2.22. The predicted octanol–water partition coefficient (Wildman–Crippen LogP) is 2.40. The Labute approximate surface area is 97.6 Å². The molecular formula is C11H13BrN2O. The maximum absolute atomic E-state index is 10.9. The summed E-state index contributed by atoms with van der Waals surface area (Å²) < 4.78 is 0.964. The van der Waals surface area contributed by atoms with Crippen LogP contribution < -0.4 is 4.90 Å². The summed E-state index contributed by atoms with van der Waals surface area (Å²) in [5.74, 6) is 0.898. The standard InChI is InChI=1S/C11H13BrN2O/c12-9-4-5-11(13-7-9)14-6-2-1-3-10(14)8-15/h4-5,7-8,10H,1-3,6H2. The van der Waals surface area contributed by atoms with Crippen LogP contribution in [0.1, 0.15) is 19.3 Å². The van der Waals surface area contributed by atoms with Crippen LogP contribution in [-0.4, -0.2) is 23.9 Å². The van der Waals surface area contributed by atoms with Gasteiger partial charge in [0.15, 0.2) is 0 Å². The number of aromatic nitrogens is 1. The number of halogens is 1. The van der Waals surface area contributed by atoms with E-state index in [0.29, 0.717) is 0 Å². The van der Waals surface area contributed by atoms with Crippen molar-refractivity contribution in [1.29, 1.82) is 0 Å². The minimum Gasteiger partial charge on any atom is -0.347 e. The molecule has 0 amide bonds. The van der Waals surface area contributed by atoms with E-state index in [1.807, 2.05) is 12.1 Å². The first-order valence-electron chi connectivity index (χ1n) is 5.15. The minimum absolute atomic E-state index is 0.00688. The lowest BCUT2D eigenvalue weighted by atomic mass is 10.0. The SMILES string of the molecule is O=CC1CCCCN1c1ccc(Br)cn1. The molecule has 3 nitrogen and oxygen atoms in total. The lowest BCUT2D eigenvalue weighted by Crippen LogP contribution is -2.41. The van der Waals surface area contributed by atoms with E-state index >= 15 is 0 Å². The van der Waals surface area contributed by atoms with E-state index in [1.54, 1.807) is 6.20 Å². The molecule has 1 saturated heterocycles. The van der Waals surface area contributed by atoms with Gasteiger partial charge in [0, 0.05) is 17.2 Å². The monoisotopic (exact) mass is 268 g/mol. The third-order valence-corrected chi connectivity index (χ3v) is 3.18. The molecule has 15 heavy (non-hydrogen) atoms. The molecule has 1 fully saturated rings. The second kappa shape index (κ2) is 4.75. The first-order chi connectivity index (χ1) is 7.31. The van der Waals surface area contributed by atoms with Crippen LogP contribution in [0.2, 0.25) is 0 Å². The molecule has 0 bridgehead atoms. The fourth-order valence-electron chi connectivity index (χ4n) is 1.92. The second-order valence-electron chi connectivity index (χ2n) is 3.73. The third kappa shape index (κ3) is 2.37. The zero-order valence-electron chi connectivity index (χ0n) is 8.40. The number of piperidine rings is 1. The second-order valence-corrected chi connectivity index (χ2v) is 4.64. The Bertz CT molecular complexity index is 339. The first-order valence-corrected chi connectivity index (χ1v) is 5.94. The number of anilines is 1. The fraction of sp³-hybridized carbons (Fsp3) is 0.455. The Morgan fingerprint density at radius 3 is 3.00 bits per heavy atom. The van der Waals surface area contributed by atoms with Crippen molar-refractivity contribution < 1.29 is 4.79 Å². The Morgan fingerprint density at radius 2 is 2.33 bits per heavy atom. The highest BCUT2D eigenvalue weighted by molar-refractivity contribution is 9.10. The van der Waals surface area contributed by atoms with Crippen LogP contribution in [0.25, 0.3) is 0 Å². The van der Waals surface area contributed by atoms with Gasteiger partial charge < -0.3 is 9.69 Å². The Balaban J connectivity index is 2.20. The minimum atomic E-state index is 0.00688. The molecule has 0 spiro atoms. The van der Waals surface area contributed by atoms with Gasteiger partial charge in [0.25, 0.3) is 0 Å². The summed E-state index contributed by atoms with van der Waals surface area (Å²) in [6.45, 7) is 0.929. The maximum atomic E-state index is 10.9. The lowest BCUT2D eigenvalue weighted by Gasteiger charge is -2.33. The quantitative estimate of drug-likeness (QED) is 0.773. The van der Waals surface area contributed by atoms with Gasteiger partial charge in [0.2, 0.25) is 0 Å². The van der Waals surface area contributed by atoms with Crippen molar-refractivity contribution in [3.63, 3.8) is 0 Å². The number of pyridine rings is 1. The molecular weight excluding hydrogens is 256 g/mol. The molecule has 1 aliphatic heterocycles. The van der Waals surface area contributed by atoms with E-state index in [0.717, 1.165) is 42.4 Å². The number of rotatable bonds is 2. The topological polar surface area (TPSA) is 33.2 Å². The highest BCUT2D eigenvalue weighted by Gasteiger charge is 2.22. The van der Waals surface area contributed by atoms with Gasteiger partial charge in [-0.3, -0.25) is 0 Å². The van der Waals surface area contributed by atoms with Gasteiger partial charge in [-0.25, -0.2) is 4.98 Å².